The van der Waals surface area contributed by atoms with E-state index in [0.29, 0.717) is 0 Å². The molecule has 0 saturated heterocycles. The van der Waals surface area contributed by atoms with Gasteiger partial charge in [-0.1, -0.05) is 74.7 Å². The first-order valence-electron chi connectivity index (χ1n) is 10.1. The number of nitrogens with one attached hydrogen (secondary N) is 3. The van der Waals surface area contributed by atoms with Crippen molar-refractivity contribution < 1.29 is 21.7 Å². The summed E-state index contributed by atoms with van der Waals surface area (Å²) in [5, 5.41) is 9.33. The second kappa shape index (κ2) is 23.1. The minimum atomic E-state index is 0. The van der Waals surface area contributed by atoms with Crippen LogP contribution in [0.1, 0.15) is 76.2 Å². The summed E-state index contributed by atoms with van der Waals surface area (Å²) in [7, 11) is 0. The Labute approximate surface area is 181 Å². The number of rotatable bonds is 6. The van der Waals surface area contributed by atoms with E-state index in [4.69, 9.17) is 0 Å². The van der Waals surface area contributed by atoms with E-state index in [1.54, 1.807) is 0 Å². The SMILES string of the molecule is CC1=[C-]C(C)(C)C(C)=C1C.CCNCC.CCNCC.CCNCC.[Ti]. The maximum absolute atomic E-state index is 3.44. The Morgan fingerprint density at radius 1 is 0.654 bits per heavy atom. The van der Waals surface area contributed by atoms with Gasteiger partial charge in [0.2, 0.25) is 0 Å². The van der Waals surface area contributed by atoms with Gasteiger partial charge in [-0.3, -0.25) is 6.08 Å². The maximum Gasteiger partial charge on any atom is 0 e. The average molecular weight is 403 g/mol. The van der Waals surface area contributed by atoms with Crippen LogP contribution in [0.4, 0.5) is 0 Å². The van der Waals surface area contributed by atoms with Gasteiger partial charge in [-0.2, -0.15) is 11.1 Å². The van der Waals surface area contributed by atoms with Crippen molar-refractivity contribution in [1.82, 2.24) is 16.0 Å². The van der Waals surface area contributed by atoms with E-state index >= 15 is 0 Å². The second-order valence-corrected chi connectivity index (χ2v) is 6.50. The molecule has 0 aromatic heterocycles. The van der Waals surface area contributed by atoms with Crippen molar-refractivity contribution in [2.24, 2.45) is 5.41 Å². The fraction of sp³-hybridized carbons (Fsp3) is 0.818. The minimum Gasteiger partial charge on any atom is -0.317 e. The Kier molecular flexibility index (Phi) is 29.9. The van der Waals surface area contributed by atoms with E-state index in [9.17, 15) is 0 Å². The van der Waals surface area contributed by atoms with Crippen LogP contribution >= 0.6 is 0 Å². The molecule has 1 aliphatic rings. The molecule has 0 aromatic rings. The van der Waals surface area contributed by atoms with Crippen LogP contribution in [-0.2, 0) is 21.7 Å². The molecule has 3 N–H and O–H groups in total. The van der Waals surface area contributed by atoms with Crippen molar-refractivity contribution in [2.45, 2.75) is 76.2 Å². The van der Waals surface area contributed by atoms with Gasteiger partial charge in [0, 0.05) is 21.7 Å². The summed E-state index contributed by atoms with van der Waals surface area (Å²) in [5.41, 5.74) is 4.39. The number of allylic oxidation sites excluding steroid dienone is 4. The van der Waals surface area contributed by atoms with E-state index < -0.39 is 0 Å². The van der Waals surface area contributed by atoms with Gasteiger partial charge in [0.25, 0.3) is 0 Å². The van der Waals surface area contributed by atoms with Crippen molar-refractivity contribution in [1.29, 1.82) is 0 Å². The monoisotopic (exact) mass is 402 g/mol. The quantitative estimate of drug-likeness (QED) is 0.434. The zero-order chi connectivity index (χ0) is 20.3. The molecule has 0 atom stereocenters. The summed E-state index contributed by atoms with van der Waals surface area (Å²) in [5.74, 6) is 0. The number of hydrogen-bond donors (Lipinski definition) is 3. The summed E-state index contributed by atoms with van der Waals surface area (Å²) in [6, 6.07) is 0. The van der Waals surface area contributed by atoms with Crippen molar-refractivity contribution in [2.75, 3.05) is 39.3 Å². The van der Waals surface area contributed by atoms with Crippen LogP contribution in [0, 0.1) is 11.5 Å². The molecule has 0 heterocycles. The van der Waals surface area contributed by atoms with Crippen molar-refractivity contribution in [3.63, 3.8) is 0 Å². The van der Waals surface area contributed by atoms with Crippen LogP contribution in [0.5, 0.6) is 0 Å². The summed E-state index contributed by atoms with van der Waals surface area (Å²) < 4.78 is 0. The zero-order valence-electron chi connectivity index (χ0n) is 19.7. The first-order valence-corrected chi connectivity index (χ1v) is 10.1. The maximum atomic E-state index is 3.44. The van der Waals surface area contributed by atoms with Crippen LogP contribution in [0.3, 0.4) is 0 Å². The molecule has 0 fully saturated rings. The van der Waals surface area contributed by atoms with Crippen LogP contribution < -0.4 is 16.0 Å². The van der Waals surface area contributed by atoms with E-state index in [0.717, 1.165) is 39.3 Å². The minimum absolute atomic E-state index is 0. The molecular weight excluding hydrogens is 354 g/mol. The fourth-order valence-corrected chi connectivity index (χ4v) is 2.16. The largest absolute Gasteiger partial charge is 0.317 e. The molecule has 0 spiro atoms. The summed E-state index contributed by atoms with van der Waals surface area (Å²) >= 11 is 0. The van der Waals surface area contributed by atoms with Gasteiger partial charge in [0.1, 0.15) is 0 Å². The van der Waals surface area contributed by atoms with E-state index in [2.05, 4.69) is 98.2 Å². The Morgan fingerprint density at radius 3 is 0.962 bits per heavy atom. The van der Waals surface area contributed by atoms with Gasteiger partial charge in [-0.25, -0.2) is 5.57 Å². The normalized spacial score (nSPS) is 13.9. The van der Waals surface area contributed by atoms with Crippen molar-refractivity contribution in [3.05, 3.63) is 22.8 Å². The molecule has 0 aliphatic heterocycles. The molecule has 0 aromatic carbocycles. The average Bonchev–Trinajstić information content (AvgIpc) is 2.73. The third kappa shape index (κ3) is 20.4. The Morgan fingerprint density at radius 2 is 0.923 bits per heavy atom. The van der Waals surface area contributed by atoms with Gasteiger partial charge in [-0.05, 0) is 39.3 Å². The van der Waals surface area contributed by atoms with Crippen molar-refractivity contribution in [3.8, 4) is 0 Å². The number of hydrogen-bond acceptors (Lipinski definition) is 3. The van der Waals surface area contributed by atoms with Crippen LogP contribution in [0.2, 0.25) is 0 Å². The third-order valence-corrected chi connectivity index (χ3v) is 4.06. The molecule has 156 valence electrons. The topological polar surface area (TPSA) is 36.1 Å². The van der Waals surface area contributed by atoms with Gasteiger partial charge in [0.05, 0.1) is 0 Å². The van der Waals surface area contributed by atoms with Crippen molar-refractivity contribution >= 4 is 0 Å². The van der Waals surface area contributed by atoms with Crippen LogP contribution in [0.25, 0.3) is 0 Å². The first kappa shape index (κ1) is 33.6. The molecule has 0 unspecified atom stereocenters. The fourth-order valence-electron chi connectivity index (χ4n) is 2.16. The van der Waals surface area contributed by atoms with Crippen LogP contribution in [0.15, 0.2) is 16.7 Å². The van der Waals surface area contributed by atoms with E-state index in [1.165, 1.54) is 16.7 Å². The summed E-state index contributed by atoms with van der Waals surface area (Å²) in [6.07, 6.45) is 3.44. The van der Waals surface area contributed by atoms with E-state index in [1.807, 2.05) is 0 Å². The molecule has 0 radical (unpaired) electrons. The van der Waals surface area contributed by atoms with Gasteiger partial charge in [0.15, 0.2) is 0 Å². The summed E-state index contributed by atoms with van der Waals surface area (Å²) in [6.45, 7) is 30.1. The van der Waals surface area contributed by atoms with Gasteiger partial charge in [-0.15, -0.1) is 6.92 Å². The van der Waals surface area contributed by atoms with E-state index in [-0.39, 0.29) is 27.1 Å². The Balaban J connectivity index is -0.000000132. The first-order chi connectivity index (χ1) is 11.7. The second-order valence-electron chi connectivity index (χ2n) is 6.50. The molecule has 0 amide bonds. The Bertz CT molecular complexity index is 327. The molecule has 0 saturated carbocycles. The summed E-state index contributed by atoms with van der Waals surface area (Å²) in [4.78, 5) is 0. The van der Waals surface area contributed by atoms with Gasteiger partial charge >= 0.3 is 0 Å². The molecule has 1 rings (SSSR count). The molecule has 3 nitrogen and oxygen atoms in total. The third-order valence-electron chi connectivity index (χ3n) is 4.06. The molecule has 1 aliphatic carbocycles. The Hall–Kier alpha value is 0.0743. The van der Waals surface area contributed by atoms with Gasteiger partial charge < -0.3 is 16.0 Å². The molecular formula is C22H48N3Ti-. The standard InChI is InChI=1S/C10H15.3C4H11N.Ti/c1-7-6-10(4,5)9(3)8(7)2;3*1-3-5-4-2;/h1-5H3;3*5H,3-4H2,1-2H3;/q-1;;;;. The molecule has 0 bridgehead atoms. The predicted molar refractivity (Wildman–Crippen MR) is 117 cm³/mol. The van der Waals surface area contributed by atoms with Crippen LogP contribution in [-0.4, -0.2) is 39.3 Å². The molecule has 26 heavy (non-hydrogen) atoms. The zero-order valence-corrected chi connectivity index (χ0v) is 21.3. The molecule has 4 heteroatoms. The smallest absolute Gasteiger partial charge is 0 e. The predicted octanol–water partition coefficient (Wildman–Crippen LogP) is 4.96.